The fraction of sp³-hybridized carbons (Fsp3) is 0.556. The van der Waals surface area contributed by atoms with Gasteiger partial charge in [0.1, 0.15) is 0 Å². The number of fused-ring (bicyclic) bond motifs is 1. The Bertz CT molecular complexity index is 372. The molecular weight excluding hydrogens is 356 g/mol. The molecule has 2 unspecified atom stereocenters. The minimum absolute atomic E-state index is 0. The van der Waals surface area contributed by atoms with Gasteiger partial charge in [-0.3, -0.25) is 9.59 Å². The molecule has 1 fully saturated rings. The quantitative estimate of drug-likeness (QED) is 0.236. The summed E-state index contributed by atoms with van der Waals surface area (Å²) in [5.74, 6) is -1.20. The molecule has 17 heavy (non-hydrogen) atoms. The van der Waals surface area contributed by atoms with Crippen molar-refractivity contribution in [2.75, 3.05) is 0 Å². The van der Waals surface area contributed by atoms with Gasteiger partial charge in [0, 0.05) is 29.0 Å². The molecule has 1 radical (unpaired) electrons. The topological polar surface area (TPSA) is 37.4 Å². The average molecular weight is 364 g/mol. The zero-order valence-electron chi connectivity index (χ0n) is 8.33. The molecule has 0 aromatic carbocycles. The second-order valence-electron chi connectivity index (χ2n) is 3.65. The number of carbonyl (C=O) groups excluding carboxylic acids is 2. The average Bonchev–Trinajstić information content (AvgIpc) is 2.43. The SMILES string of the molecule is O=C1C2C=CCCC2C(=O)N1SC(Cl)(Cl)Cl.[Cu]. The van der Waals surface area contributed by atoms with Crippen LogP contribution in [0.25, 0.3) is 0 Å². The molecule has 3 nitrogen and oxygen atoms in total. The number of hydrogen-bond donors (Lipinski definition) is 0. The third kappa shape index (κ3) is 3.34. The van der Waals surface area contributed by atoms with Crippen molar-refractivity contribution in [1.82, 2.24) is 4.31 Å². The van der Waals surface area contributed by atoms with E-state index in [2.05, 4.69) is 0 Å². The molecule has 0 N–H and O–H groups in total. The van der Waals surface area contributed by atoms with Crippen LogP contribution in [0.1, 0.15) is 12.8 Å². The zero-order chi connectivity index (χ0) is 11.9. The Kier molecular flexibility index (Phi) is 5.28. The van der Waals surface area contributed by atoms with E-state index in [-0.39, 0.29) is 40.7 Å². The van der Waals surface area contributed by atoms with Crippen LogP contribution in [0.15, 0.2) is 12.2 Å². The molecule has 2 amide bonds. The van der Waals surface area contributed by atoms with Crippen LogP contribution in [0.2, 0.25) is 0 Å². The summed E-state index contributed by atoms with van der Waals surface area (Å²) < 4.78 is -0.708. The van der Waals surface area contributed by atoms with E-state index in [4.69, 9.17) is 34.8 Å². The van der Waals surface area contributed by atoms with Crippen LogP contribution in [0.5, 0.6) is 0 Å². The predicted octanol–water partition coefficient (Wildman–Crippen LogP) is 2.91. The van der Waals surface area contributed by atoms with Crippen molar-refractivity contribution in [1.29, 1.82) is 0 Å². The Morgan fingerprint density at radius 3 is 2.47 bits per heavy atom. The molecule has 0 bridgehead atoms. The first-order valence-corrected chi connectivity index (χ1v) is 6.61. The molecule has 0 saturated carbocycles. The van der Waals surface area contributed by atoms with Gasteiger partial charge < -0.3 is 0 Å². The van der Waals surface area contributed by atoms with Crippen LogP contribution >= 0.6 is 46.8 Å². The Balaban J connectivity index is 0.00000144. The summed E-state index contributed by atoms with van der Waals surface area (Å²) in [7, 11) is 0. The van der Waals surface area contributed by atoms with Gasteiger partial charge in [0.2, 0.25) is 11.8 Å². The van der Waals surface area contributed by atoms with Crippen molar-refractivity contribution in [2.24, 2.45) is 11.8 Å². The number of rotatable bonds is 1. The largest absolute Gasteiger partial charge is 0.273 e. The smallest absolute Gasteiger partial charge is 0.256 e. The molecule has 1 saturated heterocycles. The monoisotopic (exact) mass is 362 g/mol. The van der Waals surface area contributed by atoms with E-state index < -0.39 is 3.12 Å². The summed E-state index contributed by atoms with van der Waals surface area (Å²) >= 11 is 17.4. The summed E-state index contributed by atoms with van der Waals surface area (Å²) in [6.07, 6.45) is 5.18. The molecule has 2 atom stereocenters. The van der Waals surface area contributed by atoms with Gasteiger partial charge in [-0.15, -0.1) is 0 Å². The summed E-state index contributed by atoms with van der Waals surface area (Å²) in [5.41, 5.74) is 0. The predicted molar refractivity (Wildman–Crippen MR) is 65.1 cm³/mol. The molecule has 0 aromatic rings. The summed E-state index contributed by atoms with van der Waals surface area (Å²) in [6.45, 7) is 0. The molecule has 99 valence electrons. The number of carbonyl (C=O) groups is 2. The number of nitrogens with zero attached hydrogens (tertiary/aromatic N) is 1. The third-order valence-corrected chi connectivity index (χ3v) is 3.99. The van der Waals surface area contributed by atoms with Gasteiger partial charge in [0.25, 0.3) is 3.12 Å². The standard InChI is InChI=1S/C9H8Cl3NO2S.Cu/c10-9(11,12)16-13-7(14)5-3-1-2-4-6(5)8(13)15;/h1,3,5-6H,2,4H2;. The van der Waals surface area contributed by atoms with Crippen molar-refractivity contribution in [3.05, 3.63) is 12.2 Å². The van der Waals surface area contributed by atoms with Gasteiger partial charge in [-0.25, -0.2) is 4.31 Å². The number of alkyl halides is 3. The van der Waals surface area contributed by atoms with Gasteiger partial charge in [0.05, 0.1) is 11.8 Å². The normalized spacial score (nSPS) is 28.1. The molecule has 2 aliphatic rings. The Morgan fingerprint density at radius 2 is 1.94 bits per heavy atom. The summed E-state index contributed by atoms with van der Waals surface area (Å²) in [4.78, 5) is 23.8. The van der Waals surface area contributed by atoms with E-state index >= 15 is 0 Å². The fourth-order valence-corrected chi connectivity index (χ4v) is 3.22. The number of imide groups is 1. The van der Waals surface area contributed by atoms with E-state index in [9.17, 15) is 9.59 Å². The van der Waals surface area contributed by atoms with Crippen LogP contribution in [-0.4, -0.2) is 19.2 Å². The molecule has 2 rings (SSSR count). The van der Waals surface area contributed by atoms with E-state index in [1.165, 1.54) is 0 Å². The molecule has 1 aliphatic heterocycles. The van der Waals surface area contributed by atoms with Crippen LogP contribution < -0.4 is 0 Å². The van der Waals surface area contributed by atoms with Gasteiger partial charge >= 0.3 is 0 Å². The van der Waals surface area contributed by atoms with Crippen molar-refractivity contribution in [2.45, 2.75) is 16.0 Å². The van der Waals surface area contributed by atoms with Crippen molar-refractivity contribution >= 4 is 58.6 Å². The van der Waals surface area contributed by atoms with E-state index in [0.29, 0.717) is 18.4 Å². The van der Waals surface area contributed by atoms with Crippen LogP contribution in [0.3, 0.4) is 0 Å². The maximum Gasteiger partial charge on any atom is 0.256 e. The Labute approximate surface area is 129 Å². The van der Waals surface area contributed by atoms with Gasteiger partial charge in [-0.2, -0.15) is 0 Å². The summed E-state index contributed by atoms with van der Waals surface area (Å²) in [5, 5.41) is 0. The van der Waals surface area contributed by atoms with Crippen molar-refractivity contribution < 1.29 is 26.7 Å². The minimum Gasteiger partial charge on any atom is -0.273 e. The van der Waals surface area contributed by atoms with Crippen molar-refractivity contribution in [3.8, 4) is 0 Å². The maximum absolute atomic E-state index is 11.9. The first-order valence-electron chi connectivity index (χ1n) is 4.70. The van der Waals surface area contributed by atoms with Crippen LogP contribution in [0.4, 0.5) is 0 Å². The molecule has 0 spiro atoms. The minimum atomic E-state index is -1.69. The first kappa shape index (κ1) is 15.7. The number of allylic oxidation sites excluding steroid dienone is 1. The van der Waals surface area contributed by atoms with Crippen molar-refractivity contribution in [3.63, 3.8) is 0 Å². The van der Waals surface area contributed by atoms with Gasteiger partial charge in [0.15, 0.2) is 0 Å². The molecule has 8 heteroatoms. The summed E-state index contributed by atoms with van der Waals surface area (Å²) in [6, 6.07) is 0. The molecule has 1 heterocycles. The van der Waals surface area contributed by atoms with Crippen LogP contribution in [-0.2, 0) is 26.7 Å². The first-order chi connectivity index (χ1) is 7.40. The fourth-order valence-electron chi connectivity index (χ4n) is 1.95. The Morgan fingerprint density at radius 1 is 1.29 bits per heavy atom. The Hall–Kier alpha value is 0.619. The second kappa shape index (κ2) is 5.72. The molecule has 0 aromatic heterocycles. The third-order valence-electron chi connectivity index (χ3n) is 2.62. The van der Waals surface area contributed by atoms with E-state index in [1.807, 2.05) is 6.08 Å². The number of amides is 2. The zero-order valence-corrected chi connectivity index (χ0v) is 12.4. The maximum atomic E-state index is 11.9. The van der Waals surface area contributed by atoms with Gasteiger partial charge in [-0.1, -0.05) is 47.0 Å². The van der Waals surface area contributed by atoms with E-state index in [1.54, 1.807) is 6.08 Å². The van der Waals surface area contributed by atoms with Crippen LogP contribution in [0, 0.1) is 11.8 Å². The molecular formula is C9H8Cl3CuNO2S. The number of hydrogen-bond acceptors (Lipinski definition) is 3. The second-order valence-corrected chi connectivity index (χ2v) is 7.76. The number of halogens is 3. The van der Waals surface area contributed by atoms with Gasteiger partial charge in [-0.05, 0) is 12.8 Å². The van der Waals surface area contributed by atoms with E-state index in [0.717, 1.165) is 10.7 Å². The molecule has 1 aliphatic carbocycles.